The first kappa shape index (κ1) is 13.4. The first-order chi connectivity index (χ1) is 7.95. The minimum Gasteiger partial charge on any atom is -0.314 e. The summed E-state index contributed by atoms with van der Waals surface area (Å²) in [4.78, 5) is 1.41. The second-order valence-electron chi connectivity index (χ2n) is 6.16. The highest BCUT2D eigenvalue weighted by Gasteiger charge is 2.28. The Labute approximate surface area is 114 Å². The van der Waals surface area contributed by atoms with E-state index < -0.39 is 0 Å². The van der Waals surface area contributed by atoms with Crippen LogP contribution in [0.5, 0.6) is 0 Å². The summed E-state index contributed by atoms with van der Waals surface area (Å²) in [5.41, 5.74) is 0.346. The molecule has 1 heterocycles. The summed E-state index contributed by atoms with van der Waals surface area (Å²) in [7, 11) is 0. The monoisotopic (exact) mass is 271 g/mol. The van der Waals surface area contributed by atoms with Gasteiger partial charge < -0.3 is 5.32 Å². The van der Waals surface area contributed by atoms with Crippen molar-refractivity contribution in [3.63, 3.8) is 0 Å². The molecule has 0 bridgehead atoms. The molecule has 0 spiro atoms. The van der Waals surface area contributed by atoms with Crippen LogP contribution in [0.2, 0.25) is 4.34 Å². The molecule has 0 aliphatic heterocycles. The number of halogens is 1. The van der Waals surface area contributed by atoms with Crippen LogP contribution in [0.3, 0.4) is 0 Å². The van der Waals surface area contributed by atoms with Crippen molar-refractivity contribution in [1.29, 1.82) is 0 Å². The molecule has 1 atom stereocenters. The molecule has 2 rings (SSSR count). The van der Waals surface area contributed by atoms with Gasteiger partial charge >= 0.3 is 0 Å². The molecule has 1 aliphatic rings. The van der Waals surface area contributed by atoms with Crippen molar-refractivity contribution in [3.8, 4) is 0 Å². The Hall–Kier alpha value is -0.0500. The summed E-state index contributed by atoms with van der Waals surface area (Å²) in [6.45, 7) is 8.13. The Bertz CT molecular complexity index is 363. The Balaban J connectivity index is 1.94. The van der Waals surface area contributed by atoms with Crippen LogP contribution in [0, 0.1) is 11.3 Å². The Morgan fingerprint density at radius 1 is 1.41 bits per heavy atom. The topological polar surface area (TPSA) is 12.0 Å². The van der Waals surface area contributed by atoms with E-state index in [0.717, 1.165) is 23.3 Å². The third-order valence-electron chi connectivity index (χ3n) is 3.53. The predicted octanol–water partition coefficient (Wildman–Crippen LogP) is 4.36. The van der Waals surface area contributed by atoms with Gasteiger partial charge in [-0.25, -0.2) is 0 Å². The zero-order valence-electron chi connectivity index (χ0n) is 10.9. The summed E-state index contributed by atoms with van der Waals surface area (Å²) in [5.74, 6) is 0.679. The van der Waals surface area contributed by atoms with Gasteiger partial charge in [-0.1, -0.05) is 32.4 Å². The van der Waals surface area contributed by atoms with E-state index in [4.69, 9.17) is 11.6 Å². The van der Waals surface area contributed by atoms with E-state index in [9.17, 15) is 0 Å². The van der Waals surface area contributed by atoms with E-state index in [-0.39, 0.29) is 0 Å². The summed E-state index contributed by atoms with van der Waals surface area (Å²) in [6, 6.07) is 4.98. The van der Waals surface area contributed by atoms with Gasteiger partial charge in [-0.15, -0.1) is 11.3 Å². The van der Waals surface area contributed by atoms with Gasteiger partial charge in [0.25, 0.3) is 0 Å². The van der Waals surface area contributed by atoms with E-state index in [1.54, 1.807) is 11.3 Å². The van der Waals surface area contributed by atoms with E-state index in [2.05, 4.69) is 32.2 Å². The van der Waals surface area contributed by atoms with E-state index in [1.807, 2.05) is 6.07 Å². The van der Waals surface area contributed by atoms with Crippen molar-refractivity contribution in [2.24, 2.45) is 11.3 Å². The van der Waals surface area contributed by atoms with E-state index in [1.165, 1.54) is 17.7 Å². The van der Waals surface area contributed by atoms with Crippen molar-refractivity contribution in [1.82, 2.24) is 5.32 Å². The quantitative estimate of drug-likeness (QED) is 0.839. The summed E-state index contributed by atoms with van der Waals surface area (Å²) >= 11 is 7.72. The molecule has 1 aromatic rings. The van der Waals surface area contributed by atoms with Crippen LogP contribution in [0.1, 0.15) is 38.5 Å². The van der Waals surface area contributed by atoms with Crippen molar-refractivity contribution in [3.05, 3.63) is 21.3 Å². The lowest BCUT2D eigenvalue weighted by Gasteiger charge is -2.31. The van der Waals surface area contributed by atoms with Crippen LogP contribution < -0.4 is 5.32 Å². The number of thiophene rings is 1. The fraction of sp³-hybridized carbons (Fsp3) is 0.714. The maximum atomic E-state index is 6.00. The zero-order chi connectivity index (χ0) is 12.5. The third kappa shape index (κ3) is 4.27. The van der Waals surface area contributed by atoms with Gasteiger partial charge in [-0.05, 0) is 49.3 Å². The highest BCUT2D eigenvalue weighted by molar-refractivity contribution is 7.16. The van der Waals surface area contributed by atoms with Gasteiger partial charge in [0.05, 0.1) is 4.34 Å². The molecule has 0 radical (unpaired) electrons. The first-order valence-corrected chi connectivity index (χ1v) is 7.62. The molecule has 1 fully saturated rings. The lowest BCUT2D eigenvalue weighted by Crippen LogP contribution is -2.34. The standard InChI is InChI=1S/C14H22ClNS/c1-14(2,3)10(9-16-11-4-5-11)8-12-6-7-13(15)17-12/h6-7,10-11,16H,4-5,8-9H2,1-3H3. The fourth-order valence-electron chi connectivity index (χ4n) is 1.99. The number of rotatable bonds is 5. The van der Waals surface area contributed by atoms with Gasteiger partial charge in [0, 0.05) is 10.9 Å². The highest BCUT2D eigenvalue weighted by atomic mass is 35.5. The van der Waals surface area contributed by atoms with Gasteiger partial charge in [0.15, 0.2) is 0 Å². The zero-order valence-corrected chi connectivity index (χ0v) is 12.5. The van der Waals surface area contributed by atoms with Crippen LogP contribution in [-0.2, 0) is 6.42 Å². The molecular weight excluding hydrogens is 250 g/mol. The SMILES string of the molecule is CC(C)(C)C(CNC1CC1)Cc1ccc(Cl)s1. The molecular formula is C14H22ClNS. The highest BCUT2D eigenvalue weighted by Crippen LogP contribution is 2.32. The molecule has 0 saturated heterocycles. The summed E-state index contributed by atoms with van der Waals surface area (Å²) in [5, 5.41) is 3.66. The smallest absolute Gasteiger partial charge is 0.0931 e. The van der Waals surface area contributed by atoms with Crippen molar-refractivity contribution < 1.29 is 0 Å². The molecule has 1 N–H and O–H groups in total. The Morgan fingerprint density at radius 2 is 2.12 bits per heavy atom. The first-order valence-electron chi connectivity index (χ1n) is 6.43. The third-order valence-corrected chi connectivity index (χ3v) is 4.78. The molecule has 1 aliphatic carbocycles. The largest absolute Gasteiger partial charge is 0.314 e. The summed E-state index contributed by atoms with van der Waals surface area (Å²) in [6.07, 6.45) is 3.87. The fourth-order valence-corrected chi connectivity index (χ4v) is 3.15. The average molecular weight is 272 g/mol. The second kappa shape index (κ2) is 5.29. The van der Waals surface area contributed by atoms with E-state index in [0.29, 0.717) is 11.3 Å². The summed E-state index contributed by atoms with van der Waals surface area (Å²) < 4.78 is 0.905. The van der Waals surface area contributed by atoms with Crippen LogP contribution in [0.4, 0.5) is 0 Å². The van der Waals surface area contributed by atoms with Crippen LogP contribution in [0.25, 0.3) is 0 Å². The van der Waals surface area contributed by atoms with Crippen LogP contribution >= 0.6 is 22.9 Å². The minimum absolute atomic E-state index is 0.346. The Morgan fingerprint density at radius 3 is 2.59 bits per heavy atom. The van der Waals surface area contributed by atoms with Crippen LogP contribution in [0.15, 0.2) is 12.1 Å². The van der Waals surface area contributed by atoms with Crippen LogP contribution in [-0.4, -0.2) is 12.6 Å². The molecule has 0 aromatic carbocycles. The Kier molecular flexibility index (Phi) is 4.17. The van der Waals surface area contributed by atoms with Gasteiger partial charge in [0.1, 0.15) is 0 Å². The molecule has 3 heteroatoms. The predicted molar refractivity (Wildman–Crippen MR) is 77.0 cm³/mol. The maximum absolute atomic E-state index is 6.00. The minimum atomic E-state index is 0.346. The van der Waals surface area contributed by atoms with Crippen molar-refractivity contribution >= 4 is 22.9 Å². The van der Waals surface area contributed by atoms with E-state index >= 15 is 0 Å². The lowest BCUT2D eigenvalue weighted by molar-refractivity contribution is 0.231. The number of nitrogens with one attached hydrogen (secondary N) is 1. The average Bonchev–Trinajstić information content (AvgIpc) is 2.95. The van der Waals surface area contributed by atoms with Gasteiger partial charge in [-0.3, -0.25) is 0 Å². The van der Waals surface area contributed by atoms with Crippen molar-refractivity contribution in [2.75, 3.05) is 6.54 Å². The molecule has 1 nitrogen and oxygen atoms in total. The normalized spacial score (nSPS) is 18.4. The molecule has 17 heavy (non-hydrogen) atoms. The number of hydrogen-bond acceptors (Lipinski definition) is 2. The second-order valence-corrected chi connectivity index (χ2v) is 7.96. The number of hydrogen-bond donors (Lipinski definition) is 1. The molecule has 0 amide bonds. The molecule has 1 unspecified atom stereocenters. The lowest BCUT2D eigenvalue weighted by atomic mass is 9.78. The molecule has 1 aromatic heterocycles. The van der Waals surface area contributed by atoms with Crippen molar-refractivity contribution in [2.45, 2.75) is 46.1 Å². The van der Waals surface area contributed by atoms with Gasteiger partial charge in [0.2, 0.25) is 0 Å². The maximum Gasteiger partial charge on any atom is 0.0931 e. The van der Waals surface area contributed by atoms with Gasteiger partial charge in [-0.2, -0.15) is 0 Å². The molecule has 1 saturated carbocycles. The molecule has 96 valence electrons.